The van der Waals surface area contributed by atoms with Crippen LogP contribution in [0.15, 0.2) is 54.9 Å². The van der Waals surface area contributed by atoms with Crippen LogP contribution >= 0.6 is 0 Å². The Morgan fingerprint density at radius 3 is 2.44 bits per heavy atom. The number of ether oxygens (including phenoxy) is 2. The van der Waals surface area contributed by atoms with Gasteiger partial charge in [-0.15, -0.1) is 0 Å². The first-order valence-electron chi connectivity index (χ1n) is 7.44. The number of carboxylic acids is 1. The molecule has 0 unspecified atom stereocenters. The molecule has 7 nitrogen and oxygen atoms in total. The SMILES string of the molecule is COc1ccc(OCc2nccc(-c3cc(C(=O)O)ccn3)n2)cc1. The lowest BCUT2D eigenvalue weighted by molar-refractivity contribution is 0.0697. The van der Waals surface area contributed by atoms with E-state index in [0.29, 0.717) is 23.0 Å². The van der Waals surface area contributed by atoms with Crippen LogP contribution in [0.4, 0.5) is 0 Å². The van der Waals surface area contributed by atoms with Crippen molar-refractivity contribution in [3.63, 3.8) is 0 Å². The lowest BCUT2D eigenvalue weighted by Gasteiger charge is -2.07. The zero-order chi connectivity index (χ0) is 17.6. The second kappa shape index (κ2) is 7.39. The molecule has 3 rings (SSSR count). The molecule has 0 aliphatic heterocycles. The highest BCUT2D eigenvalue weighted by Gasteiger charge is 2.08. The van der Waals surface area contributed by atoms with Gasteiger partial charge in [0.25, 0.3) is 0 Å². The number of aromatic carboxylic acids is 1. The zero-order valence-corrected chi connectivity index (χ0v) is 13.4. The molecule has 0 atom stereocenters. The number of pyridine rings is 1. The Labute approximate surface area is 143 Å². The summed E-state index contributed by atoms with van der Waals surface area (Å²) in [6.07, 6.45) is 3.03. The molecule has 3 aromatic rings. The summed E-state index contributed by atoms with van der Waals surface area (Å²) in [5, 5.41) is 9.07. The van der Waals surface area contributed by atoms with Crippen LogP contribution in [0.5, 0.6) is 11.5 Å². The minimum Gasteiger partial charge on any atom is -0.497 e. The molecular formula is C18H15N3O4. The predicted molar refractivity (Wildman–Crippen MR) is 89.5 cm³/mol. The quantitative estimate of drug-likeness (QED) is 0.739. The molecule has 1 aromatic carbocycles. The van der Waals surface area contributed by atoms with E-state index in [-0.39, 0.29) is 12.2 Å². The normalized spacial score (nSPS) is 10.3. The van der Waals surface area contributed by atoms with Gasteiger partial charge in [0.1, 0.15) is 18.1 Å². The molecule has 0 fully saturated rings. The Hall–Kier alpha value is -3.48. The summed E-state index contributed by atoms with van der Waals surface area (Å²) in [7, 11) is 1.60. The average molecular weight is 337 g/mol. The van der Waals surface area contributed by atoms with Crippen molar-refractivity contribution in [2.45, 2.75) is 6.61 Å². The highest BCUT2D eigenvalue weighted by atomic mass is 16.5. The Kier molecular flexibility index (Phi) is 4.84. The molecule has 7 heteroatoms. The van der Waals surface area contributed by atoms with Gasteiger partial charge in [0.15, 0.2) is 5.82 Å². The van der Waals surface area contributed by atoms with Gasteiger partial charge in [-0.1, -0.05) is 0 Å². The van der Waals surface area contributed by atoms with Gasteiger partial charge in [-0.05, 0) is 42.5 Å². The first-order valence-corrected chi connectivity index (χ1v) is 7.44. The molecule has 0 bridgehead atoms. The number of carbonyl (C=O) groups is 1. The van der Waals surface area contributed by atoms with Crippen molar-refractivity contribution in [3.05, 3.63) is 66.2 Å². The van der Waals surface area contributed by atoms with Gasteiger partial charge in [-0.2, -0.15) is 0 Å². The summed E-state index contributed by atoms with van der Waals surface area (Å²) in [6.45, 7) is 0.179. The number of nitrogens with zero attached hydrogens (tertiary/aromatic N) is 3. The monoisotopic (exact) mass is 337 g/mol. The third-order valence-electron chi connectivity index (χ3n) is 3.40. The van der Waals surface area contributed by atoms with Crippen LogP contribution in [0.25, 0.3) is 11.4 Å². The van der Waals surface area contributed by atoms with Gasteiger partial charge in [0.2, 0.25) is 0 Å². The fourth-order valence-corrected chi connectivity index (χ4v) is 2.13. The maximum absolute atomic E-state index is 11.1. The summed E-state index contributed by atoms with van der Waals surface area (Å²) in [4.78, 5) is 23.8. The molecule has 0 amide bonds. The fraction of sp³-hybridized carbons (Fsp3) is 0.111. The van der Waals surface area contributed by atoms with Crippen molar-refractivity contribution in [2.24, 2.45) is 0 Å². The van der Waals surface area contributed by atoms with E-state index < -0.39 is 5.97 Å². The lowest BCUT2D eigenvalue weighted by Crippen LogP contribution is -2.03. The minimum atomic E-state index is -1.01. The number of benzene rings is 1. The molecule has 0 saturated carbocycles. The second-order valence-electron chi connectivity index (χ2n) is 5.06. The molecule has 0 aliphatic rings. The number of rotatable bonds is 6. The van der Waals surface area contributed by atoms with E-state index >= 15 is 0 Å². The van der Waals surface area contributed by atoms with Crippen molar-refractivity contribution in [2.75, 3.05) is 7.11 Å². The van der Waals surface area contributed by atoms with Crippen LogP contribution in [0.3, 0.4) is 0 Å². The number of hydrogen-bond donors (Lipinski definition) is 1. The molecule has 1 N–H and O–H groups in total. The molecule has 0 radical (unpaired) electrons. The lowest BCUT2D eigenvalue weighted by atomic mass is 10.2. The molecular weight excluding hydrogens is 322 g/mol. The highest BCUT2D eigenvalue weighted by Crippen LogP contribution is 2.19. The van der Waals surface area contributed by atoms with Crippen molar-refractivity contribution >= 4 is 5.97 Å². The van der Waals surface area contributed by atoms with Gasteiger partial charge in [-0.3, -0.25) is 4.98 Å². The van der Waals surface area contributed by atoms with Crippen molar-refractivity contribution in [1.82, 2.24) is 15.0 Å². The van der Waals surface area contributed by atoms with Gasteiger partial charge >= 0.3 is 5.97 Å². The van der Waals surface area contributed by atoms with Gasteiger partial charge in [-0.25, -0.2) is 14.8 Å². The second-order valence-corrected chi connectivity index (χ2v) is 5.06. The van der Waals surface area contributed by atoms with Crippen LogP contribution < -0.4 is 9.47 Å². The molecule has 2 aromatic heterocycles. The Morgan fingerprint density at radius 2 is 1.72 bits per heavy atom. The number of aromatic nitrogens is 3. The highest BCUT2D eigenvalue weighted by molar-refractivity contribution is 5.88. The Balaban J connectivity index is 1.74. The van der Waals surface area contributed by atoms with Crippen LogP contribution in [-0.4, -0.2) is 33.1 Å². The largest absolute Gasteiger partial charge is 0.497 e. The number of methoxy groups -OCH3 is 1. The van der Waals surface area contributed by atoms with E-state index in [1.165, 1.54) is 18.3 Å². The summed E-state index contributed by atoms with van der Waals surface area (Å²) >= 11 is 0. The maximum Gasteiger partial charge on any atom is 0.335 e. The third kappa shape index (κ3) is 4.08. The predicted octanol–water partition coefficient (Wildman–Crippen LogP) is 2.82. The van der Waals surface area contributed by atoms with E-state index in [1.807, 2.05) is 0 Å². The molecule has 2 heterocycles. The Morgan fingerprint density at radius 1 is 1.00 bits per heavy atom. The van der Waals surface area contributed by atoms with Crippen LogP contribution in [0.2, 0.25) is 0 Å². The van der Waals surface area contributed by atoms with E-state index in [2.05, 4.69) is 15.0 Å². The van der Waals surface area contributed by atoms with E-state index in [0.717, 1.165) is 5.75 Å². The summed E-state index contributed by atoms with van der Waals surface area (Å²) in [6, 6.07) is 11.8. The van der Waals surface area contributed by atoms with Crippen molar-refractivity contribution < 1.29 is 19.4 Å². The van der Waals surface area contributed by atoms with Crippen LogP contribution in [0, 0.1) is 0 Å². The number of carboxylic acid groups (broad SMARTS) is 1. The van der Waals surface area contributed by atoms with E-state index in [9.17, 15) is 4.79 Å². The van der Waals surface area contributed by atoms with Crippen LogP contribution in [-0.2, 0) is 6.61 Å². The summed E-state index contributed by atoms with van der Waals surface area (Å²) in [5.41, 5.74) is 1.15. The van der Waals surface area contributed by atoms with Gasteiger partial charge < -0.3 is 14.6 Å². The average Bonchev–Trinajstić information content (AvgIpc) is 2.67. The fourth-order valence-electron chi connectivity index (χ4n) is 2.13. The van der Waals surface area contributed by atoms with E-state index in [4.69, 9.17) is 14.6 Å². The van der Waals surface area contributed by atoms with Crippen molar-refractivity contribution in [1.29, 1.82) is 0 Å². The molecule has 0 aliphatic carbocycles. The van der Waals surface area contributed by atoms with Crippen LogP contribution in [0.1, 0.15) is 16.2 Å². The summed E-state index contributed by atoms with van der Waals surface area (Å²) < 4.78 is 10.7. The van der Waals surface area contributed by atoms with Gasteiger partial charge in [0.05, 0.1) is 24.1 Å². The third-order valence-corrected chi connectivity index (χ3v) is 3.40. The number of hydrogen-bond acceptors (Lipinski definition) is 6. The zero-order valence-electron chi connectivity index (χ0n) is 13.4. The standard InChI is InChI=1S/C18H15N3O4/c1-24-13-2-4-14(5-3-13)25-11-17-20-9-7-15(21-17)16-10-12(18(22)23)6-8-19-16/h2-10H,11H2,1H3,(H,22,23). The molecule has 0 saturated heterocycles. The summed E-state index contributed by atoms with van der Waals surface area (Å²) in [5.74, 6) is 0.868. The van der Waals surface area contributed by atoms with Crippen molar-refractivity contribution in [3.8, 4) is 22.9 Å². The minimum absolute atomic E-state index is 0.152. The molecule has 0 spiro atoms. The molecule has 25 heavy (non-hydrogen) atoms. The van der Waals surface area contributed by atoms with E-state index in [1.54, 1.807) is 43.6 Å². The molecule has 126 valence electrons. The topological polar surface area (TPSA) is 94.4 Å². The van der Waals surface area contributed by atoms with Gasteiger partial charge in [0, 0.05) is 12.4 Å². The maximum atomic E-state index is 11.1. The first-order chi connectivity index (χ1) is 12.2. The smallest absolute Gasteiger partial charge is 0.335 e. The first kappa shape index (κ1) is 16.4. The Bertz CT molecular complexity index is 881.